The Morgan fingerprint density at radius 3 is 2.83 bits per heavy atom. The maximum atomic E-state index is 5.05. The van der Waals surface area contributed by atoms with Crippen molar-refractivity contribution in [1.29, 1.82) is 0 Å². The summed E-state index contributed by atoms with van der Waals surface area (Å²) >= 11 is 2.03. The van der Waals surface area contributed by atoms with Crippen LogP contribution in [0.1, 0.15) is 72.9 Å². The number of hydrogen-bond acceptors (Lipinski definition) is 3. The summed E-state index contributed by atoms with van der Waals surface area (Å²) < 4.78 is 0. The second-order valence-electron chi connectivity index (χ2n) is 5.74. The van der Waals surface area contributed by atoms with Crippen molar-refractivity contribution in [2.24, 2.45) is 0 Å². The monoisotopic (exact) mass is 264 g/mol. The molecule has 0 aromatic carbocycles. The first-order valence-electron chi connectivity index (χ1n) is 7.58. The zero-order chi connectivity index (χ0) is 12.4. The highest BCUT2D eigenvalue weighted by Gasteiger charge is 2.27. The van der Waals surface area contributed by atoms with E-state index in [0.29, 0.717) is 5.92 Å². The van der Waals surface area contributed by atoms with Gasteiger partial charge in [0.05, 0.1) is 10.7 Å². The van der Waals surface area contributed by atoms with Gasteiger partial charge in [-0.2, -0.15) is 0 Å². The predicted octanol–water partition coefficient (Wildman–Crippen LogP) is 3.83. The Morgan fingerprint density at radius 1 is 1.22 bits per heavy atom. The van der Waals surface area contributed by atoms with E-state index in [1.165, 1.54) is 55.6 Å². The third-order valence-corrected chi connectivity index (χ3v) is 5.73. The minimum atomic E-state index is 0.681. The third-order valence-electron chi connectivity index (χ3n) is 4.43. The molecule has 1 saturated carbocycles. The van der Waals surface area contributed by atoms with Crippen LogP contribution in [0.2, 0.25) is 0 Å². The molecule has 1 fully saturated rings. The van der Waals surface area contributed by atoms with E-state index in [0.717, 1.165) is 19.0 Å². The molecule has 0 aliphatic heterocycles. The van der Waals surface area contributed by atoms with Crippen LogP contribution in [0.15, 0.2) is 0 Å². The zero-order valence-electron chi connectivity index (χ0n) is 11.4. The number of aryl methyl sites for hydroxylation is 1. The summed E-state index contributed by atoms with van der Waals surface area (Å²) in [7, 11) is 0. The molecule has 1 unspecified atom stereocenters. The molecule has 1 N–H and O–H groups in total. The standard InChI is InChI=1S/C15H24N2S/c1-2-16-10-12-8-5-9-13-14(12)17-15(18-13)11-6-3-4-7-11/h11-12,16H,2-10H2,1H3. The van der Waals surface area contributed by atoms with Gasteiger partial charge in [0.2, 0.25) is 0 Å². The van der Waals surface area contributed by atoms with E-state index in [1.54, 1.807) is 4.88 Å². The fraction of sp³-hybridized carbons (Fsp3) is 0.800. The van der Waals surface area contributed by atoms with Crippen LogP contribution in [0.5, 0.6) is 0 Å². The van der Waals surface area contributed by atoms with Gasteiger partial charge in [0.15, 0.2) is 0 Å². The number of rotatable bonds is 4. The lowest BCUT2D eigenvalue weighted by Gasteiger charge is -2.21. The number of hydrogen-bond donors (Lipinski definition) is 1. The van der Waals surface area contributed by atoms with Crippen molar-refractivity contribution >= 4 is 11.3 Å². The number of thiazole rings is 1. The van der Waals surface area contributed by atoms with Crippen molar-refractivity contribution in [3.8, 4) is 0 Å². The summed E-state index contributed by atoms with van der Waals surface area (Å²) in [5.41, 5.74) is 1.45. The molecule has 1 aromatic heterocycles. The lowest BCUT2D eigenvalue weighted by molar-refractivity contribution is 0.507. The molecule has 2 aliphatic rings. The molecule has 2 aliphatic carbocycles. The molecule has 3 heteroatoms. The Hall–Kier alpha value is -0.410. The van der Waals surface area contributed by atoms with Crippen molar-refractivity contribution in [3.63, 3.8) is 0 Å². The van der Waals surface area contributed by atoms with Gasteiger partial charge in [-0.1, -0.05) is 19.8 Å². The van der Waals surface area contributed by atoms with Crippen LogP contribution in [0.4, 0.5) is 0 Å². The van der Waals surface area contributed by atoms with E-state index in [1.807, 2.05) is 11.3 Å². The van der Waals surface area contributed by atoms with Crippen molar-refractivity contribution in [3.05, 3.63) is 15.6 Å². The molecule has 1 aromatic rings. The van der Waals surface area contributed by atoms with Gasteiger partial charge in [-0.15, -0.1) is 11.3 Å². The van der Waals surface area contributed by atoms with E-state index in [9.17, 15) is 0 Å². The average Bonchev–Trinajstić information content (AvgIpc) is 3.03. The number of nitrogens with one attached hydrogen (secondary N) is 1. The molecule has 3 rings (SSSR count). The predicted molar refractivity (Wildman–Crippen MR) is 77.5 cm³/mol. The molecule has 0 bridgehead atoms. The fourth-order valence-electron chi connectivity index (χ4n) is 3.39. The molecule has 1 heterocycles. The van der Waals surface area contributed by atoms with Gasteiger partial charge in [0.25, 0.3) is 0 Å². The first-order chi connectivity index (χ1) is 8.88. The van der Waals surface area contributed by atoms with E-state index in [-0.39, 0.29) is 0 Å². The van der Waals surface area contributed by atoms with Crippen molar-refractivity contribution in [2.45, 2.75) is 63.7 Å². The topological polar surface area (TPSA) is 24.9 Å². The second kappa shape index (κ2) is 5.70. The lowest BCUT2D eigenvalue weighted by atomic mass is 9.91. The van der Waals surface area contributed by atoms with Crippen LogP contribution in [0, 0.1) is 0 Å². The highest BCUT2D eigenvalue weighted by Crippen LogP contribution is 2.41. The second-order valence-corrected chi connectivity index (χ2v) is 6.85. The summed E-state index contributed by atoms with van der Waals surface area (Å²) in [6, 6.07) is 0. The normalized spacial score (nSPS) is 24.4. The molecule has 2 nitrogen and oxygen atoms in total. The smallest absolute Gasteiger partial charge is 0.0962 e. The van der Waals surface area contributed by atoms with E-state index >= 15 is 0 Å². The molecular formula is C15H24N2S. The average molecular weight is 264 g/mol. The number of fused-ring (bicyclic) bond motifs is 1. The minimum absolute atomic E-state index is 0.681. The highest BCUT2D eigenvalue weighted by molar-refractivity contribution is 7.11. The lowest BCUT2D eigenvalue weighted by Crippen LogP contribution is -2.24. The quantitative estimate of drug-likeness (QED) is 0.894. The van der Waals surface area contributed by atoms with E-state index < -0.39 is 0 Å². The van der Waals surface area contributed by atoms with Gasteiger partial charge in [0, 0.05) is 23.3 Å². The van der Waals surface area contributed by atoms with Gasteiger partial charge < -0.3 is 5.32 Å². The summed E-state index contributed by atoms with van der Waals surface area (Å²) in [6.07, 6.45) is 9.55. The molecular weight excluding hydrogens is 240 g/mol. The number of likely N-dealkylation sites (N-methyl/N-ethyl adjacent to an activating group) is 1. The van der Waals surface area contributed by atoms with Crippen LogP contribution in [0.25, 0.3) is 0 Å². The van der Waals surface area contributed by atoms with Crippen LogP contribution < -0.4 is 5.32 Å². The van der Waals surface area contributed by atoms with Crippen LogP contribution in [-0.4, -0.2) is 18.1 Å². The first kappa shape index (κ1) is 12.6. The van der Waals surface area contributed by atoms with Crippen molar-refractivity contribution in [1.82, 2.24) is 10.3 Å². The van der Waals surface area contributed by atoms with Gasteiger partial charge >= 0.3 is 0 Å². The number of aromatic nitrogens is 1. The summed E-state index contributed by atoms with van der Waals surface area (Å²) in [4.78, 5) is 6.65. The van der Waals surface area contributed by atoms with E-state index in [4.69, 9.17) is 4.98 Å². The fourth-order valence-corrected chi connectivity index (χ4v) is 4.75. The minimum Gasteiger partial charge on any atom is -0.316 e. The van der Waals surface area contributed by atoms with Gasteiger partial charge in [-0.3, -0.25) is 0 Å². The molecule has 18 heavy (non-hydrogen) atoms. The summed E-state index contributed by atoms with van der Waals surface area (Å²) in [6.45, 7) is 4.39. The Morgan fingerprint density at radius 2 is 2.06 bits per heavy atom. The zero-order valence-corrected chi connectivity index (χ0v) is 12.2. The third kappa shape index (κ3) is 2.48. The SMILES string of the molecule is CCNCC1CCCc2sc(C3CCCC3)nc21. The Kier molecular flexibility index (Phi) is 4.00. The Balaban J connectivity index is 1.78. The van der Waals surface area contributed by atoms with Crippen molar-refractivity contribution in [2.75, 3.05) is 13.1 Å². The summed E-state index contributed by atoms with van der Waals surface area (Å²) in [5.74, 6) is 1.47. The maximum absolute atomic E-state index is 5.05. The van der Waals surface area contributed by atoms with Crippen LogP contribution in [-0.2, 0) is 6.42 Å². The number of nitrogens with zero attached hydrogens (tertiary/aromatic N) is 1. The van der Waals surface area contributed by atoms with Crippen LogP contribution >= 0.6 is 11.3 Å². The molecule has 0 saturated heterocycles. The van der Waals surface area contributed by atoms with Gasteiger partial charge in [0.1, 0.15) is 0 Å². The molecule has 0 amide bonds. The molecule has 0 radical (unpaired) electrons. The molecule has 0 spiro atoms. The summed E-state index contributed by atoms with van der Waals surface area (Å²) in [5, 5.41) is 4.96. The first-order valence-corrected chi connectivity index (χ1v) is 8.40. The Bertz CT molecular complexity index is 393. The van der Waals surface area contributed by atoms with Gasteiger partial charge in [-0.05, 0) is 38.6 Å². The van der Waals surface area contributed by atoms with E-state index in [2.05, 4.69) is 12.2 Å². The van der Waals surface area contributed by atoms with Crippen LogP contribution in [0.3, 0.4) is 0 Å². The van der Waals surface area contributed by atoms with Crippen molar-refractivity contribution < 1.29 is 0 Å². The highest BCUT2D eigenvalue weighted by atomic mass is 32.1. The molecule has 100 valence electrons. The largest absolute Gasteiger partial charge is 0.316 e. The maximum Gasteiger partial charge on any atom is 0.0962 e. The van der Waals surface area contributed by atoms with Gasteiger partial charge in [-0.25, -0.2) is 4.98 Å². The Labute approximate surface area is 114 Å². The molecule has 1 atom stereocenters.